The number of nitrogens with one attached hydrogen (secondary N) is 1. The zero-order valence-corrected chi connectivity index (χ0v) is 13.8. The lowest BCUT2D eigenvalue weighted by Gasteiger charge is -2.23. The number of nitrogens with zero attached hydrogens (tertiary/aromatic N) is 1. The van der Waals surface area contributed by atoms with Crippen LogP contribution in [0.15, 0.2) is 41.0 Å². The van der Waals surface area contributed by atoms with E-state index in [2.05, 4.69) is 26.2 Å². The largest absolute Gasteiger partial charge is 0.351 e. The second-order valence-electron chi connectivity index (χ2n) is 5.41. The van der Waals surface area contributed by atoms with Crippen molar-refractivity contribution in [3.8, 4) is 0 Å². The van der Waals surface area contributed by atoms with Crippen LogP contribution in [0.25, 0.3) is 0 Å². The van der Waals surface area contributed by atoms with Crippen LogP contribution >= 0.6 is 15.9 Å². The summed E-state index contributed by atoms with van der Waals surface area (Å²) in [6.45, 7) is 0.109. The third-order valence-corrected chi connectivity index (χ3v) is 4.42. The number of benzene rings is 1. The SMILES string of the molecule is O=C1CCC(C(=O)NCc2ccc(Br)cc2F)c2cccnc21. The van der Waals surface area contributed by atoms with Crippen LogP contribution in [-0.4, -0.2) is 16.7 Å². The molecule has 0 bridgehead atoms. The molecule has 1 atom stereocenters. The third-order valence-electron chi connectivity index (χ3n) is 3.92. The summed E-state index contributed by atoms with van der Waals surface area (Å²) in [5, 5.41) is 2.75. The number of carbonyl (C=O) groups excluding carboxylic acids is 2. The van der Waals surface area contributed by atoms with Gasteiger partial charge in [0, 0.05) is 29.2 Å². The number of carbonyl (C=O) groups is 2. The van der Waals surface area contributed by atoms with Crippen LogP contribution in [0.1, 0.15) is 40.4 Å². The third kappa shape index (κ3) is 3.32. The summed E-state index contributed by atoms with van der Waals surface area (Å²) in [4.78, 5) is 28.4. The molecule has 0 aliphatic heterocycles. The number of ketones is 1. The van der Waals surface area contributed by atoms with Gasteiger partial charge in [-0.25, -0.2) is 4.39 Å². The Kier molecular flexibility index (Phi) is 4.52. The first-order valence-corrected chi connectivity index (χ1v) is 8.05. The van der Waals surface area contributed by atoms with Gasteiger partial charge in [0.2, 0.25) is 5.91 Å². The Bertz CT molecular complexity index is 779. The standard InChI is InChI=1S/C17H14BrFN2O2/c18-11-4-3-10(14(19)8-11)9-21-17(23)13-5-6-15(22)16-12(13)2-1-7-20-16/h1-4,7-8,13H,5-6,9H2,(H,21,23). The van der Waals surface area contributed by atoms with Gasteiger partial charge in [0.25, 0.3) is 0 Å². The molecule has 1 aliphatic carbocycles. The minimum absolute atomic E-state index is 0.0383. The highest BCUT2D eigenvalue weighted by Crippen LogP contribution is 2.30. The second-order valence-corrected chi connectivity index (χ2v) is 6.32. The van der Waals surface area contributed by atoms with E-state index in [1.807, 2.05) is 0 Å². The smallest absolute Gasteiger partial charge is 0.227 e. The predicted molar refractivity (Wildman–Crippen MR) is 86.5 cm³/mol. The minimum Gasteiger partial charge on any atom is -0.351 e. The molecule has 1 amide bonds. The van der Waals surface area contributed by atoms with Crippen molar-refractivity contribution in [2.75, 3.05) is 0 Å². The Morgan fingerprint density at radius 1 is 1.39 bits per heavy atom. The van der Waals surface area contributed by atoms with Crippen LogP contribution in [-0.2, 0) is 11.3 Å². The molecule has 1 aliphatic rings. The first-order chi connectivity index (χ1) is 11.1. The molecule has 1 aromatic heterocycles. The molecular weight excluding hydrogens is 363 g/mol. The monoisotopic (exact) mass is 376 g/mol. The van der Waals surface area contributed by atoms with Crippen molar-refractivity contribution >= 4 is 27.6 Å². The molecular formula is C17H14BrFN2O2. The Balaban J connectivity index is 1.74. The van der Waals surface area contributed by atoms with E-state index in [1.165, 1.54) is 6.07 Å². The highest BCUT2D eigenvalue weighted by molar-refractivity contribution is 9.10. The number of hydrogen-bond donors (Lipinski definition) is 1. The maximum Gasteiger partial charge on any atom is 0.227 e. The molecule has 2 aromatic rings. The van der Waals surface area contributed by atoms with Crippen LogP contribution in [0.5, 0.6) is 0 Å². The first-order valence-electron chi connectivity index (χ1n) is 7.26. The summed E-state index contributed by atoms with van der Waals surface area (Å²) in [6, 6.07) is 8.18. The molecule has 0 saturated carbocycles. The van der Waals surface area contributed by atoms with E-state index in [-0.39, 0.29) is 24.1 Å². The summed E-state index contributed by atoms with van der Waals surface area (Å²) in [5.74, 6) is -1.05. The number of halogens is 2. The molecule has 1 unspecified atom stereocenters. The highest BCUT2D eigenvalue weighted by atomic mass is 79.9. The van der Waals surface area contributed by atoms with Crippen molar-refractivity contribution in [2.24, 2.45) is 0 Å². The van der Waals surface area contributed by atoms with Crippen LogP contribution in [0.4, 0.5) is 4.39 Å². The van der Waals surface area contributed by atoms with Gasteiger partial charge in [-0.05, 0) is 30.2 Å². The molecule has 3 rings (SSSR count). The van der Waals surface area contributed by atoms with Gasteiger partial charge in [0.05, 0.1) is 5.92 Å². The van der Waals surface area contributed by atoms with E-state index in [4.69, 9.17) is 0 Å². The van der Waals surface area contributed by atoms with Gasteiger partial charge < -0.3 is 5.32 Å². The van der Waals surface area contributed by atoms with E-state index in [1.54, 1.807) is 30.5 Å². The molecule has 0 spiro atoms. The Hall–Kier alpha value is -2.08. The maximum atomic E-state index is 13.8. The van der Waals surface area contributed by atoms with Gasteiger partial charge in [-0.2, -0.15) is 0 Å². The molecule has 6 heteroatoms. The number of amides is 1. The minimum atomic E-state index is -0.421. The average Bonchev–Trinajstić information content (AvgIpc) is 2.54. The maximum absolute atomic E-state index is 13.8. The molecule has 1 N–H and O–H groups in total. The molecule has 4 nitrogen and oxygen atoms in total. The Morgan fingerprint density at radius 2 is 2.22 bits per heavy atom. The van der Waals surface area contributed by atoms with Gasteiger partial charge in [-0.1, -0.05) is 28.1 Å². The lowest BCUT2D eigenvalue weighted by Crippen LogP contribution is -2.32. The van der Waals surface area contributed by atoms with E-state index in [0.29, 0.717) is 34.1 Å². The highest BCUT2D eigenvalue weighted by Gasteiger charge is 2.31. The quantitative estimate of drug-likeness (QED) is 0.893. The Labute approximate surface area is 141 Å². The van der Waals surface area contributed by atoms with Gasteiger partial charge in [0.15, 0.2) is 5.78 Å². The summed E-state index contributed by atoms with van der Waals surface area (Å²) < 4.78 is 14.4. The van der Waals surface area contributed by atoms with Crippen molar-refractivity contribution in [3.63, 3.8) is 0 Å². The fraction of sp³-hybridized carbons (Fsp3) is 0.235. The molecule has 118 valence electrons. The van der Waals surface area contributed by atoms with E-state index < -0.39 is 5.92 Å². The zero-order chi connectivity index (χ0) is 16.4. The molecule has 1 heterocycles. The number of rotatable bonds is 3. The fourth-order valence-electron chi connectivity index (χ4n) is 2.72. The summed E-state index contributed by atoms with van der Waals surface area (Å²) in [5.41, 5.74) is 1.44. The normalized spacial score (nSPS) is 16.8. The van der Waals surface area contributed by atoms with Crippen molar-refractivity contribution in [1.29, 1.82) is 0 Å². The number of fused-ring (bicyclic) bond motifs is 1. The molecule has 0 fully saturated rings. The lowest BCUT2D eigenvalue weighted by molar-refractivity contribution is -0.122. The zero-order valence-electron chi connectivity index (χ0n) is 12.2. The first kappa shape index (κ1) is 15.8. The number of Topliss-reactive ketones (excluding diaryl/α,β-unsaturated/α-hetero) is 1. The van der Waals surface area contributed by atoms with Crippen molar-refractivity contribution in [3.05, 3.63) is 63.6 Å². The lowest BCUT2D eigenvalue weighted by atomic mass is 9.84. The van der Waals surface area contributed by atoms with Gasteiger partial charge in [-0.15, -0.1) is 0 Å². The molecule has 0 saturated heterocycles. The van der Waals surface area contributed by atoms with Crippen LogP contribution in [0.2, 0.25) is 0 Å². The van der Waals surface area contributed by atoms with Gasteiger partial charge in [0.1, 0.15) is 11.5 Å². The van der Waals surface area contributed by atoms with Crippen LogP contribution < -0.4 is 5.32 Å². The molecule has 23 heavy (non-hydrogen) atoms. The average molecular weight is 377 g/mol. The van der Waals surface area contributed by atoms with Crippen molar-refractivity contribution in [1.82, 2.24) is 10.3 Å². The van der Waals surface area contributed by atoms with E-state index in [0.717, 1.165) is 0 Å². The summed E-state index contributed by atoms with van der Waals surface area (Å²) in [6.07, 6.45) is 2.30. The van der Waals surface area contributed by atoms with Gasteiger partial charge >= 0.3 is 0 Å². The summed E-state index contributed by atoms with van der Waals surface area (Å²) >= 11 is 3.20. The van der Waals surface area contributed by atoms with E-state index >= 15 is 0 Å². The predicted octanol–water partition coefficient (Wildman–Crippen LogP) is 3.36. The second kappa shape index (κ2) is 6.58. The van der Waals surface area contributed by atoms with Crippen molar-refractivity contribution in [2.45, 2.75) is 25.3 Å². The number of aromatic nitrogens is 1. The topological polar surface area (TPSA) is 59.1 Å². The Morgan fingerprint density at radius 3 is 3.00 bits per heavy atom. The number of pyridine rings is 1. The van der Waals surface area contributed by atoms with Crippen molar-refractivity contribution < 1.29 is 14.0 Å². The fourth-order valence-corrected chi connectivity index (χ4v) is 3.06. The molecule has 1 aromatic carbocycles. The van der Waals surface area contributed by atoms with E-state index in [9.17, 15) is 14.0 Å². The van der Waals surface area contributed by atoms with Crippen LogP contribution in [0.3, 0.4) is 0 Å². The number of hydrogen-bond acceptors (Lipinski definition) is 3. The van der Waals surface area contributed by atoms with Gasteiger partial charge in [-0.3, -0.25) is 14.6 Å². The summed E-state index contributed by atoms with van der Waals surface area (Å²) in [7, 11) is 0. The van der Waals surface area contributed by atoms with Crippen LogP contribution in [0, 0.1) is 5.82 Å². The molecule has 0 radical (unpaired) electrons.